The molecule has 4 heteroatoms. The summed E-state index contributed by atoms with van der Waals surface area (Å²) in [4.78, 5) is 14.3. The molecule has 0 aliphatic heterocycles. The molecule has 0 fully saturated rings. The van der Waals surface area contributed by atoms with Gasteiger partial charge in [0.1, 0.15) is 0 Å². The average molecular weight is 232 g/mol. The van der Waals surface area contributed by atoms with Gasteiger partial charge in [0.25, 0.3) is 0 Å². The van der Waals surface area contributed by atoms with E-state index >= 15 is 0 Å². The van der Waals surface area contributed by atoms with Gasteiger partial charge in [0.15, 0.2) is 0 Å². The van der Waals surface area contributed by atoms with Crippen LogP contribution in [-0.2, 0) is 4.79 Å². The molecule has 2 rings (SSSR count). The number of aromatic amines is 1. The first kappa shape index (κ1) is 11.7. The smallest absolute Gasteiger partial charge is 0.312 e. The van der Waals surface area contributed by atoms with Gasteiger partial charge in [-0.15, -0.1) is 0 Å². The Morgan fingerprint density at radius 1 is 1.47 bits per heavy atom. The van der Waals surface area contributed by atoms with Crippen LogP contribution in [0, 0.1) is 13.8 Å². The third kappa shape index (κ3) is 1.91. The van der Waals surface area contributed by atoms with Crippen LogP contribution in [0.5, 0.6) is 0 Å². The Morgan fingerprint density at radius 2 is 2.18 bits per heavy atom. The SMILES string of the molecule is Cc1cc(C)c2[nH]cc(C(CN)C(=O)O)c2c1. The molecule has 0 saturated carbocycles. The summed E-state index contributed by atoms with van der Waals surface area (Å²) < 4.78 is 0. The summed E-state index contributed by atoms with van der Waals surface area (Å²) in [6, 6.07) is 4.07. The fourth-order valence-electron chi connectivity index (χ4n) is 2.26. The van der Waals surface area contributed by atoms with Crippen LogP contribution >= 0.6 is 0 Å². The molecule has 0 aliphatic carbocycles. The van der Waals surface area contributed by atoms with Crippen molar-refractivity contribution in [3.05, 3.63) is 35.0 Å². The number of benzene rings is 1. The Kier molecular flexibility index (Phi) is 2.90. The van der Waals surface area contributed by atoms with E-state index in [1.807, 2.05) is 19.9 Å². The molecule has 1 atom stereocenters. The van der Waals surface area contributed by atoms with Crippen molar-refractivity contribution in [3.63, 3.8) is 0 Å². The summed E-state index contributed by atoms with van der Waals surface area (Å²) in [7, 11) is 0. The van der Waals surface area contributed by atoms with Crippen LogP contribution in [-0.4, -0.2) is 22.6 Å². The van der Waals surface area contributed by atoms with E-state index in [9.17, 15) is 4.79 Å². The van der Waals surface area contributed by atoms with Gasteiger partial charge in [0.05, 0.1) is 5.92 Å². The molecule has 17 heavy (non-hydrogen) atoms. The number of hydrogen-bond acceptors (Lipinski definition) is 2. The topological polar surface area (TPSA) is 79.1 Å². The second kappa shape index (κ2) is 4.22. The number of carbonyl (C=O) groups is 1. The Balaban J connectivity index is 2.67. The van der Waals surface area contributed by atoms with E-state index in [0.717, 1.165) is 27.6 Å². The van der Waals surface area contributed by atoms with Crippen LogP contribution in [0.1, 0.15) is 22.6 Å². The summed E-state index contributed by atoms with van der Waals surface area (Å²) >= 11 is 0. The summed E-state index contributed by atoms with van der Waals surface area (Å²) in [6.07, 6.45) is 1.75. The molecular weight excluding hydrogens is 216 g/mol. The molecule has 0 radical (unpaired) electrons. The normalized spacial score (nSPS) is 12.9. The van der Waals surface area contributed by atoms with E-state index in [2.05, 4.69) is 11.1 Å². The molecular formula is C13H16N2O2. The standard InChI is InChI=1S/C13H16N2O2/c1-7-3-8(2)12-9(4-7)11(6-15-12)10(5-14)13(16)17/h3-4,6,10,15H,5,14H2,1-2H3,(H,16,17). The molecule has 0 saturated heterocycles. The summed E-state index contributed by atoms with van der Waals surface area (Å²) in [5, 5.41) is 10.1. The number of hydrogen-bond donors (Lipinski definition) is 3. The zero-order valence-corrected chi connectivity index (χ0v) is 9.95. The Labute approximate surface area is 99.4 Å². The molecule has 4 N–H and O–H groups in total. The lowest BCUT2D eigenvalue weighted by atomic mass is 9.97. The lowest BCUT2D eigenvalue weighted by Crippen LogP contribution is -2.20. The fraction of sp³-hybridized carbons (Fsp3) is 0.308. The second-order valence-electron chi connectivity index (χ2n) is 4.37. The maximum atomic E-state index is 11.1. The zero-order valence-electron chi connectivity index (χ0n) is 9.95. The molecule has 0 spiro atoms. The molecule has 0 amide bonds. The summed E-state index contributed by atoms with van der Waals surface area (Å²) in [5.41, 5.74) is 9.53. The quantitative estimate of drug-likeness (QED) is 0.756. The molecule has 0 bridgehead atoms. The molecule has 1 heterocycles. The van der Waals surface area contributed by atoms with Crippen molar-refractivity contribution in [1.82, 2.24) is 4.98 Å². The van der Waals surface area contributed by atoms with Gasteiger partial charge in [0, 0.05) is 23.6 Å². The van der Waals surface area contributed by atoms with Crippen LogP contribution in [0.3, 0.4) is 0 Å². The highest BCUT2D eigenvalue weighted by molar-refractivity contribution is 5.91. The highest BCUT2D eigenvalue weighted by Crippen LogP contribution is 2.28. The van der Waals surface area contributed by atoms with Crippen molar-refractivity contribution < 1.29 is 9.90 Å². The average Bonchev–Trinajstić information content (AvgIpc) is 2.63. The minimum atomic E-state index is -0.882. The first-order valence-corrected chi connectivity index (χ1v) is 5.55. The highest BCUT2D eigenvalue weighted by Gasteiger charge is 2.21. The predicted molar refractivity (Wildman–Crippen MR) is 67.2 cm³/mol. The fourth-order valence-corrected chi connectivity index (χ4v) is 2.26. The van der Waals surface area contributed by atoms with Gasteiger partial charge in [-0.05, 0) is 31.0 Å². The lowest BCUT2D eigenvalue weighted by Gasteiger charge is -2.09. The van der Waals surface area contributed by atoms with Crippen LogP contribution in [0.15, 0.2) is 18.3 Å². The van der Waals surface area contributed by atoms with Crippen molar-refractivity contribution in [3.8, 4) is 0 Å². The molecule has 0 aliphatic rings. The van der Waals surface area contributed by atoms with Crippen LogP contribution in [0.25, 0.3) is 10.9 Å². The van der Waals surface area contributed by atoms with E-state index in [0.29, 0.717) is 0 Å². The van der Waals surface area contributed by atoms with Crippen molar-refractivity contribution in [2.24, 2.45) is 5.73 Å². The number of fused-ring (bicyclic) bond motifs is 1. The molecule has 90 valence electrons. The Morgan fingerprint density at radius 3 is 2.76 bits per heavy atom. The number of carboxylic acids is 1. The van der Waals surface area contributed by atoms with Gasteiger partial charge in [-0.25, -0.2) is 0 Å². The largest absolute Gasteiger partial charge is 0.481 e. The number of aliphatic carboxylic acids is 1. The van der Waals surface area contributed by atoms with Crippen molar-refractivity contribution in [2.45, 2.75) is 19.8 Å². The van der Waals surface area contributed by atoms with E-state index in [-0.39, 0.29) is 6.54 Å². The zero-order chi connectivity index (χ0) is 12.6. The van der Waals surface area contributed by atoms with E-state index in [1.165, 1.54) is 0 Å². The monoisotopic (exact) mass is 232 g/mol. The maximum Gasteiger partial charge on any atom is 0.312 e. The molecule has 1 aromatic heterocycles. The van der Waals surface area contributed by atoms with E-state index in [1.54, 1.807) is 6.20 Å². The summed E-state index contributed by atoms with van der Waals surface area (Å²) in [5.74, 6) is -1.53. The number of nitrogens with two attached hydrogens (primary N) is 1. The summed E-state index contributed by atoms with van der Waals surface area (Å²) in [6.45, 7) is 4.12. The number of H-pyrrole nitrogens is 1. The second-order valence-corrected chi connectivity index (χ2v) is 4.37. The number of carboxylic acid groups (broad SMARTS) is 1. The molecule has 2 aromatic rings. The van der Waals surface area contributed by atoms with Crippen LogP contribution < -0.4 is 5.73 Å². The minimum absolute atomic E-state index is 0.106. The number of aromatic nitrogens is 1. The Bertz CT molecular complexity index is 572. The van der Waals surface area contributed by atoms with Gasteiger partial charge in [0.2, 0.25) is 0 Å². The van der Waals surface area contributed by atoms with E-state index in [4.69, 9.17) is 10.8 Å². The number of nitrogens with one attached hydrogen (secondary N) is 1. The first-order chi connectivity index (χ1) is 8.04. The van der Waals surface area contributed by atoms with Crippen molar-refractivity contribution in [1.29, 1.82) is 0 Å². The third-order valence-corrected chi connectivity index (χ3v) is 3.07. The van der Waals surface area contributed by atoms with Gasteiger partial charge >= 0.3 is 5.97 Å². The molecule has 1 aromatic carbocycles. The Hall–Kier alpha value is -1.81. The maximum absolute atomic E-state index is 11.1. The first-order valence-electron chi connectivity index (χ1n) is 5.55. The lowest BCUT2D eigenvalue weighted by molar-refractivity contribution is -0.138. The van der Waals surface area contributed by atoms with Crippen LogP contribution in [0.4, 0.5) is 0 Å². The van der Waals surface area contributed by atoms with Gasteiger partial charge in [-0.1, -0.05) is 11.6 Å². The van der Waals surface area contributed by atoms with Crippen molar-refractivity contribution >= 4 is 16.9 Å². The van der Waals surface area contributed by atoms with Crippen molar-refractivity contribution in [2.75, 3.05) is 6.54 Å². The third-order valence-electron chi connectivity index (χ3n) is 3.07. The molecule has 4 nitrogen and oxygen atoms in total. The van der Waals surface area contributed by atoms with Crippen LogP contribution in [0.2, 0.25) is 0 Å². The van der Waals surface area contributed by atoms with Gasteiger partial charge in [-0.2, -0.15) is 0 Å². The van der Waals surface area contributed by atoms with Gasteiger partial charge in [-0.3, -0.25) is 4.79 Å². The highest BCUT2D eigenvalue weighted by atomic mass is 16.4. The van der Waals surface area contributed by atoms with Gasteiger partial charge < -0.3 is 15.8 Å². The number of rotatable bonds is 3. The molecule has 1 unspecified atom stereocenters. The number of aryl methyl sites for hydroxylation is 2. The van der Waals surface area contributed by atoms with E-state index < -0.39 is 11.9 Å². The predicted octanol–water partition coefficient (Wildman–Crippen LogP) is 1.91. The minimum Gasteiger partial charge on any atom is -0.481 e.